The van der Waals surface area contributed by atoms with Crippen molar-refractivity contribution in [3.63, 3.8) is 0 Å². The van der Waals surface area contributed by atoms with Crippen LogP contribution in [0.4, 0.5) is 0 Å². The number of aromatic nitrogens is 2. The summed E-state index contributed by atoms with van der Waals surface area (Å²) >= 11 is 0. The van der Waals surface area contributed by atoms with Gasteiger partial charge in [0.2, 0.25) is 0 Å². The number of carbonyl (C=O) groups is 1. The summed E-state index contributed by atoms with van der Waals surface area (Å²) in [6, 6.07) is 22.7. The number of fused-ring (bicyclic) bond motifs is 1. The molecule has 0 unspecified atom stereocenters. The van der Waals surface area contributed by atoms with Gasteiger partial charge in [-0.2, -0.15) is 0 Å². The van der Waals surface area contributed by atoms with Crippen molar-refractivity contribution >= 4 is 16.9 Å². The van der Waals surface area contributed by atoms with Crippen LogP contribution in [0.25, 0.3) is 22.4 Å². The number of carbonyl (C=O) groups excluding carboxylic acids is 1. The highest BCUT2D eigenvalue weighted by molar-refractivity contribution is 6.06. The van der Waals surface area contributed by atoms with E-state index in [-0.39, 0.29) is 11.7 Å². The summed E-state index contributed by atoms with van der Waals surface area (Å²) in [7, 11) is 0. The minimum atomic E-state index is -0.206. The van der Waals surface area contributed by atoms with E-state index in [1.807, 2.05) is 60.7 Å². The van der Waals surface area contributed by atoms with Crippen LogP contribution in [0.3, 0.4) is 0 Å². The van der Waals surface area contributed by atoms with Crippen LogP contribution in [0, 0.1) is 0 Å². The quantitative estimate of drug-likeness (QED) is 0.507. The lowest BCUT2D eigenvalue weighted by atomic mass is 10.1. The highest BCUT2D eigenvalue weighted by Gasteiger charge is 2.17. The van der Waals surface area contributed by atoms with Crippen molar-refractivity contribution in [1.29, 1.82) is 0 Å². The van der Waals surface area contributed by atoms with Crippen molar-refractivity contribution in [2.45, 2.75) is 6.42 Å². The number of hydrogen-bond donors (Lipinski definition) is 3. The standard InChI is InChI=1S/C22H19N3O2/c26-18-12-11-17(22(27)23-14-13-15-7-3-1-4-8-15)19-20(18)25-21(24-19)16-9-5-2-6-10-16/h1-12,26H,13-14H2,(H,23,27)(H,24,25). The van der Waals surface area contributed by atoms with Crippen LogP contribution in [0.1, 0.15) is 15.9 Å². The molecule has 0 saturated heterocycles. The van der Waals surface area contributed by atoms with Crippen molar-refractivity contribution < 1.29 is 9.90 Å². The number of aromatic amines is 1. The summed E-state index contributed by atoms with van der Waals surface area (Å²) in [4.78, 5) is 20.3. The maximum atomic E-state index is 12.7. The first kappa shape index (κ1) is 16.8. The van der Waals surface area contributed by atoms with Crippen LogP contribution in [0.5, 0.6) is 5.75 Å². The van der Waals surface area contributed by atoms with Crippen LogP contribution in [-0.4, -0.2) is 27.5 Å². The Morgan fingerprint density at radius 2 is 1.67 bits per heavy atom. The minimum Gasteiger partial charge on any atom is -0.506 e. The van der Waals surface area contributed by atoms with Gasteiger partial charge in [0.25, 0.3) is 5.91 Å². The van der Waals surface area contributed by atoms with E-state index in [9.17, 15) is 9.90 Å². The zero-order valence-electron chi connectivity index (χ0n) is 14.6. The molecule has 5 heteroatoms. The van der Waals surface area contributed by atoms with Gasteiger partial charge < -0.3 is 15.4 Å². The summed E-state index contributed by atoms with van der Waals surface area (Å²) in [6.07, 6.45) is 0.754. The number of imidazole rings is 1. The first-order valence-corrected chi connectivity index (χ1v) is 8.81. The van der Waals surface area contributed by atoms with Gasteiger partial charge in [-0.15, -0.1) is 0 Å². The first-order valence-electron chi connectivity index (χ1n) is 8.81. The number of benzene rings is 3. The third-order valence-electron chi connectivity index (χ3n) is 4.46. The van der Waals surface area contributed by atoms with Crippen molar-refractivity contribution in [3.8, 4) is 17.1 Å². The summed E-state index contributed by atoms with van der Waals surface area (Å²) in [5, 5.41) is 13.1. The van der Waals surface area contributed by atoms with Crippen molar-refractivity contribution in [3.05, 3.63) is 83.9 Å². The molecule has 27 heavy (non-hydrogen) atoms. The monoisotopic (exact) mass is 357 g/mol. The second-order valence-corrected chi connectivity index (χ2v) is 6.30. The van der Waals surface area contributed by atoms with Crippen LogP contribution in [0.2, 0.25) is 0 Å². The van der Waals surface area contributed by atoms with Gasteiger partial charge in [0.15, 0.2) is 0 Å². The Morgan fingerprint density at radius 3 is 2.41 bits per heavy atom. The third kappa shape index (κ3) is 3.53. The molecule has 3 N–H and O–H groups in total. The maximum absolute atomic E-state index is 12.7. The van der Waals surface area contributed by atoms with E-state index >= 15 is 0 Å². The molecule has 5 nitrogen and oxygen atoms in total. The number of phenols is 1. The van der Waals surface area contributed by atoms with Gasteiger partial charge in [0.05, 0.1) is 5.56 Å². The van der Waals surface area contributed by atoms with E-state index in [1.165, 1.54) is 11.6 Å². The highest BCUT2D eigenvalue weighted by atomic mass is 16.3. The lowest BCUT2D eigenvalue weighted by Crippen LogP contribution is -2.25. The molecule has 0 spiro atoms. The Morgan fingerprint density at radius 1 is 0.963 bits per heavy atom. The van der Waals surface area contributed by atoms with E-state index in [2.05, 4.69) is 15.3 Å². The number of H-pyrrole nitrogens is 1. The summed E-state index contributed by atoms with van der Waals surface area (Å²) in [5.74, 6) is 0.480. The van der Waals surface area contributed by atoms with E-state index < -0.39 is 0 Å². The third-order valence-corrected chi connectivity index (χ3v) is 4.46. The van der Waals surface area contributed by atoms with Crippen molar-refractivity contribution in [2.75, 3.05) is 6.54 Å². The van der Waals surface area contributed by atoms with Gasteiger partial charge in [-0.25, -0.2) is 4.98 Å². The molecule has 0 aliphatic carbocycles. The smallest absolute Gasteiger partial charge is 0.253 e. The normalized spacial score (nSPS) is 10.8. The molecule has 1 heterocycles. The number of amides is 1. The van der Waals surface area contributed by atoms with Crippen LogP contribution in [0.15, 0.2) is 72.8 Å². The number of aromatic hydroxyl groups is 1. The van der Waals surface area contributed by atoms with Gasteiger partial charge >= 0.3 is 0 Å². The Kier molecular flexibility index (Phi) is 4.58. The van der Waals surface area contributed by atoms with Gasteiger partial charge in [-0.1, -0.05) is 60.7 Å². The number of rotatable bonds is 5. The summed E-state index contributed by atoms with van der Waals surface area (Å²) in [6.45, 7) is 0.529. The molecule has 0 saturated carbocycles. The Labute approximate surface area is 156 Å². The van der Waals surface area contributed by atoms with Crippen molar-refractivity contribution in [1.82, 2.24) is 15.3 Å². The van der Waals surface area contributed by atoms with Crippen LogP contribution >= 0.6 is 0 Å². The number of hydrogen-bond acceptors (Lipinski definition) is 3. The topological polar surface area (TPSA) is 78.0 Å². The summed E-state index contributed by atoms with van der Waals surface area (Å²) in [5.41, 5.74) is 3.42. The Balaban J connectivity index is 1.58. The molecule has 3 aromatic carbocycles. The minimum absolute atomic E-state index is 0.0699. The first-order chi connectivity index (χ1) is 13.2. The zero-order chi connectivity index (χ0) is 18.6. The Bertz CT molecular complexity index is 1070. The molecule has 0 aliphatic rings. The van der Waals surface area contributed by atoms with Gasteiger partial charge in [-0.3, -0.25) is 4.79 Å². The number of nitrogens with one attached hydrogen (secondary N) is 2. The predicted molar refractivity (Wildman–Crippen MR) is 106 cm³/mol. The lowest BCUT2D eigenvalue weighted by molar-refractivity contribution is 0.0955. The molecule has 0 aliphatic heterocycles. The summed E-state index contributed by atoms with van der Waals surface area (Å²) < 4.78 is 0. The molecule has 4 rings (SSSR count). The largest absolute Gasteiger partial charge is 0.506 e. The second-order valence-electron chi connectivity index (χ2n) is 6.30. The molecule has 1 amide bonds. The molecular formula is C22H19N3O2. The molecule has 0 bridgehead atoms. The van der Waals surface area contributed by atoms with E-state index in [0.717, 1.165) is 12.0 Å². The fourth-order valence-electron chi connectivity index (χ4n) is 3.05. The average molecular weight is 357 g/mol. The Hall–Kier alpha value is -3.60. The second kappa shape index (κ2) is 7.33. The van der Waals surface area contributed by atoms with Gasteiger partial charge in [0, 0.05) is 12.1 Å². The van der Waals surface area contributed by atoms with E-state index in [4.69, 9.17) is 0 Å². The van der Waals surface area contributed by atoms with Crippen LogP contribution < -0.4 is 5.32 Å². The van der Waals surface area contributed by atoms with E-state index in [0.29, 0.717) is 29.0 Å². The number of nitrogens with zero attached hydrogens (tertiary/aromatic N) is 1. The predicted octanol–water partition coefficient (Wildman–Crippen LogP) is 3.91. The van der Waals surface area contributed by atoms with E-state index in [1.54, 1.807) is 6.07 Å². The van der Waals surface area contributed by atoms with Crippen LogP contribution in [-0.2, 0) is 6.42 Å². The van der Waals surface area contributed by atoms with Crippen molar-refractivity contribution in [2.24, 2.45) is 0 Å². The molecular weight excluding hydrogens is 338 g/mol. The van der Waals surface area contributed by atoms with Gasteiger partial charge in [-0.05, 0) is 24.1 Å². The lowest BCUT2D eigenvalue weighted by Gasteiger charge is -2.06. The highest BCUT2D eigenvalue weighted by Crippen LogP contribution is 2.29. The molecule has 0 fully saturated rings. The molecule has 4 aromatic rings. The average Bonchev–Trinajstić information content (AvgIpc) is 3.16. The van der Waals surface area contributed by atoms with Gasteiger partial charge in [0.1, 0.15) is 22.6 Å². The molecule has 0 radical (unpaired) electrons. The molecule has 134 valence electrons. The number of phenolic OH excluding ortho intramolecular Hbond substituents is 1. The fraction of sp³-hybridized carbons (Fsp3) is 0.0909. The molecule has 1 aromatic heterocycles. The maximum Gasteiger partial charge on any atom is 0.253 e. The zero-order valence-corrected chi connectivity index (χ0v) is 14.6. The fourth-order valence-corrected chi connectivity index (χ4v) is 3.05. The molecule has 0 atom stereocenters. The SMILES string of the molecule is O=C(NCCc1ccccc1)c1ccc(O)c2[nH]c(-c3ccccc3)nc12.